The van der Waals surface area contributed by atoms with E-state index in [4.69, 9.17) is 0 Å². The van der Waals surface area contributed by atoms with Gasteiger partial charge in [-0.15, -0.1) is 0 Å². The minimum Gasteiger partial charge on any atom is -0.378 e. The molecule has 0 aliphatic heterocycles. The quantitative estimate of drug-likeness (QED) is 0.372. The summed E-state index contributed by atoms with van der Waals surface area (Å²) in [6, 6.07) is 13.3. The predicted octanol–water partition coefficient (Wildman–Crippen LogP) is 3.49. The number of carbonyl (C=O) groups excluding carboxylic acids is 1. The molecular weight excluding hydrogens is 371 g/mol. The van der Waals surface area contributed by atoms with Crippen LogP contribution < -0.4 is 5.32 Å². The van der Waals surface area contributed by atoms with E-state index >= 15 is 0 Å². The van der Waals surface area contributed by atoms with Gasteiger partial charge in [0.15, 0.2) is 5.78 Å². The smallest absolute Gasteiger partial charge is 0.269 e. The Morgan fingerprint density at radius 1 is 1.10 bits per heavy atom. The van der Waals surface area contributed by atoms with E-state index in [0.717, 1.165) is 9.26 Å². The van der Waals surface area contributed by atoms with Gasteiger partial charge in [-0.1, -0.05) is 0 Å². The summed E-state index contributed by atoms with van der Waals surface area (Å²) < 4.78 is 1.12. The molecule has 0 atom stereocenters. The Kier molecular flexibility index (Phi) is 4.67. The van der Waals surface area contributed by atoms with Gasteiger partial charge in [0.05, 0.1) is 11.5 Å². The molecule has 0 amide bonds. The first kappa shape index (κ1) is 14.4. The maximum Gasteiger partial charge on any atom is 0.269 e. The number of Topliss-reactive ketones (excluding diaryl/α,β-unsaturated/α-hetero) is 1. The molecule has 0 radical (unpaired) electrons. The fourth-order valence-corrected chi connectivity index (χ4v) is 1.98. The van der Waals surface area contributed by atoms with Crippen LogP contribution in [0.25, 0.3) is 0 Å². The van der Waals surface area contributed by atoms with Crippen molar-refractivity contribution in [2.24, 2.45) is 0 Å². The normalized spacial score (nSPS) is 10.1. The number of anilines is 1. The number of nitro groups is 1. The maximum absolute atomic E-state index is 11.9. The van der Waals surface area contributed by atoms with Gasteiger partial charge in [0, 0.05) is 27.0 Å². The van der Waals surface area contributed by atoms with Crippen molar-refractivity contribution in [1.29, 1.82) is 0 Å². The van der Waals surface area contributed by atoms with Crippen molar-refractivity contribution in [3.63, 3.8) is 0 Å². The summed E-state index contributed by atoms with van der Waals surface area (Å²) in [5, 5.41) is 13.5. The Morgan fingerprint density at radius 3 is 2.25 bits per heavy atom. The molecule has 2 aromatic carbocycles. The highest BCUT2D eigenvalue weighted by Gasteiger charge is 2.09. The third kappa shape index (κ3) is 3.77. The van der Waals surface area contributed by atoms with Gasteiger partial charge in [-0.25, -0.2) is 0 Å². The number of non-ortho nitro benzene ring substituents is 1. The lowest BCUT2D eigenvalue weighted by Crippen LogP contribution is -2.13. The molecule has 0 saturated heterocycles. The lowest BCUT2D eigenvalue weighted by Gasteiger charge is -2.05. The maximum atomic E-state index is 11.9. The van der Waals surface area contributed by atoms with Crippen molar-refractivity contribution < 1.29 is 9.72 Å². The van der Waals surface area contributed by atoms with Crippen LogP contribution in [0.3, 0.4) is 0 Å². The van der Waals surface area contributed by atoms with E-state index < -0.39 is 4.92 Å². The van der Waals surface area contributed by atoms with E-state index in [0.29, 0.717) is 5.56 Å². The average Bonchev–Trinajstić information content (AvgIpc) is 2.46. The molecule has 0 aliphatic carbocycles. The van der Waals surface area contributed by atoms with Crippen LogP contribution in [0.1, 0.15) is 10.4 Å². The molecule has 0 unspecified atom stereocenters. The molecule has 102 valence electrons. The predicted molar refractivity (Wildman–Crippen MR) is 85.1 cm³/mol. The van der Waals surface area contributed by atoms with E-state index in [1.165, 1.54) is 24.3 Å². The zero-order chi connectivity index (χ0) is 14.5. The van der Waals surface area contributed by atoms with E-state index in [2.05, 4.69) is 27.9 Å². The van der Waals surface area contributed by atoms with E-state index in [9.17, 15) is 14.9 Å². The fraction of sp³-hybridized carbons (Fsp3) is 0.0714. The fourth-order valence-electron chi connectivity index (χ4n) is 1.62. The first-order chi connectivity index (χ1) is 9.56. The zero-order valence-electron chi connectivity index (χ0n) is 10.4. The van der Waals surface area contributed by atoms with Crippen LogP contribution >= 0.6 is 22.6 Å². The summed E-state index contributed by atoms with van der Waals surface area (Å²) in [5.41, 5.74) is 1.29. The number of carbonyl (C=O) groups is 1. The number of halogens is 1. The number of hydrogen-bond acceptors (Lipinski definition) is 4. The molecule has 20 heavy (non-hydrogen) atoms. The number of rotatable bonds is 5. The monoisotopic (exact) mass is 382 g/mol. The first-order valence-corrected chi connectivity index (χ1v) is 6.91. The minimum absolute atomic E-state index is 0.0212. The lowest BCUT2D eigenvalue weighted by molar-refractivity contribution is -0.384. The Balaban J connectivity index is 1.97. The van der Waals surface area contributed by atoms with Crippen molar-refractivity contribution in [2.45, 2.75) is 0 Å². The molecular formula is C14H11IN2O3. The van der Waals surface area contributed by atoms with Crippen LogP contribution in [0, 0.1) is 13.7 Å². The number of ketones is 1. The molecule has 0 fully saturated rings. The molecule has 2 aromatic rings. The Morgan fingerprint density at radius 2 is 1.70 bits per heavy atom. The van der Waals surface area contributed by atoms with Crippen LogP contribution in [0.4, 0.5) is 11.4 Å². The third-order valence-corrected chi connectivity index (χ3v) is 3.42. The molecule has 5 nitrogen and oxygen atoms in total. The molecule has 6 heteroatoms. The van der Waals surface area contributed by atoms with Gasteiger partial charge in [-0.2, -0.15) is 0 Å². The summed E-state index contributed by atoms with van der Waals surface area (Å²) in [5.74, 6) is -0.113. The molecule has 0 bridgehead atoms. The van der Waals surface area contributed by atoms with Crippen molar-refractivity contribution in [2.75, 3.05) is 11.9 Å². The van der Waals surface area contributed by atoms with Gasteiger partial charge in [0.1, 0.15) is 0 Å². The Bertz CT molecular complexity index is 624. The van der Waals surface area contributed by atoms with Crippen molar-refractivity contribution in [1.82, 2.24) is 0 Å². The molecule has 0 heterocycles. The van der Waals surface area contributed by atoms with E-state index in [-0.39, 0.29) is 18.0 Å². The van der Waals surface area contributed by atoms with Crippen molar-refractivity contribution >= 4 is 39.7 Å². The second-order valence-corrected chi connectivity index (χ2v) is 5.33. The van der Waals surface area contributed by atoms with Crippen LogP contribution in [0.15, 0.2) is 48.5 Å². The van der Waals surface area contributed by atoms with Crippen LogP contribution in [-0.2, 0) is 0 Å². The van der Waals surface area contributed by atoms with Gasteiger partial charge in [-0.05, 0) is 59.0 Å². The molecule has 2 rings (SSSR count). The highest BCUT2D eigenvalue weighted by molar-refractivity contribution is 14.1. The lowest BCUT2D eigenvalue weighted by atomic mass is 10.1. The summed E-state index contributed by atoms with van der Waals surface area (Å²) in [6.07, 6.45) is 0. The van der Waals surface area contributed by atoms with E-state index in [1.807, 2.05) is 24.3 Å². The van der Waals surface area contributed by atoms with Gasteiger partial charge < -0.3 is 5.32 Å². The number of hydrogen-bond donors (Lipinski definition) is 1. The highest BCUT2D eigenvalue weighted by atomic mass is 127. The number of benzene rings is 2. The summed E-state index contributed by atoms with van der Waals surface area (Å²) >= 11 is 2.21. The summed E-state index contributed by atoms with van der Waals surface area (Å²) in [7, 11) is 0. The van der Waals surface area contributed by atoms with Crippen LogP contribution in [0.5, 0.6) is 0 Å². The average molecular weight is 382 g/mol. The highest BCUT2D eigenvalue weighted by Crippen LogP contribution is 2.14. The topological polar surface area (TPSA) is 72.2 Å². The second-order valence-electron chi connectivity index (χ2n) is 4.09. The van der Waals surface area contributed by atoms with Crippen molar-refractivity contribution in [3.05, 3.63) is 67.8 Å². The SMILES string of the molecule is O=C(CNc1ccc(I)cc1)c1ccc([N+](=O)[O-])cc1. The largest absolute Gasteiger partial charge is 0.378 e. The Labute approximate surface area is 129 Å². The third-order valence-electron chi connectivity index (χ3n) is 2.70. The standard InChI is InChI=1S/C14H11IN2O3/c15-11-3-5-12(6-4-11)16-9-14(18)10-1-7-13(8-2-10)17(19)20/h1-8,16H,9H2. The van der Waals surface area contributed by atoms with Crippen molar-refractivity contribution in [3.8, 4) is 0 Å². The summed E-state index contributed by atoms with van der Waals surface area (Å²) in [6.45, 7) is 0.151. The van der Waals surface area contributed by atoms with Gasteiger partial charge in [0.25, 0.3) is 5.69 Å². The van der Waals surface area contributed by atoms with Crippen LogP contribution in [0.2, 0.25) is 0 Å². The van der Waals surface area contributed by atoms with Gasteiger partial charge in [0.2, 0.25) is 0 Å². The van der Waals surface area contributed by atoms with Crippen LogP contribution in [-0.4, -0.2) is 17.3 Å². The van der Waals surface area contributed by atoms with E-state index in [1.54, 1.807) is 0 Å². The number of nitrogens with one attached hydrogen (secondary N) is 1. The molecule has 0 aromatic heterocycles. The number of nitro benzene ring substituents is 1. The summed E-state index contributed by atoms with van der Waals surface area (Å²) in [4.78, 5) is 22.0. The molecule has 0 aliphatic rings. The minimum atomic E-state index is -0.488. The number of nitrogens with zero attached hydrogens (tertiary/aromatic N) is 1. The molecule has 1 N–H and O–H groups in total. The van der Waals surface area contributed by atoms with Gasteiger partial charge >= 0.3 is 0 Å². The first-order valence-electron chi connectivity index (χ1n) is 5.83. The molecule has 0 saturated carbocycles. The molecule has 0 spiro atoms. The van der Waals surface area contributed by atoms with Gasteiger partial charge in [-0.3, -0.25) is 14.9 Å². The Hall–Kier alpha value is -1.96. The zero-order valence-corrected chi connectivity index (χ0v) is 12.5. The second kappa shape index (κ2) is 6.47.